The molecular weight excluding hydrogens is 339 g/mol. The van der Waals surface area contributed by atoms with E-state index in [1.54, 1.807) is 0 Å². The molecule has 134 valence electrons. The quantitative estimate of drug-likeness (QED) is 0.600. The van der Waals surface area contributed by atoms with E-state index in [-0.39, 0.29) is 24.2 Å². The maximum Gasteiger partial charge on any atom is 0.409 e. The van der Waals surface area contributed by atoms with Gasteiger partial charge in [0, 0.05) is 19.2 Å². The highest BCUT2D eigenvalue weighted by molar-refractivity contribution is 5.96. The first-order chi connectivity index (χ1) is 11.7. The van der Waals surface area contributed by atoms with Crippen LogP contribution in [0.3, 0.4) is 0 Å². The third kappa shape index (κ3) is 3.82. The number of rotatable bonds is 3. The van der Waals surface area contributed by atoms with Gasteiger partial charge in [-0.25, -0.2) is 9.18 Å². The highest BCUT2D eigenvalue weighted by atomic mass is 19.1. The highest BCUT2D eigenvalue weighted by Crippen LogP contribution is 2.22. The van der Waals surface area contributed by atoms with Gasteiger partial charge in [0.05, 0.1) is 29.1 Å². The largest absolute Gasteiger partial charge is 0.453 e. The van der Waals surface area contributed by atoms with E-state index in [1.165, 1.54) is 18.9 Å². The van der Waals surface area contributed by atoms with Gasteiger partial charge in [-0.3, -0.25) is 30.6 Å². The van der Waals surface area contributed by atoms with Crippen LogP contribution in [0.15, 0.2) is 12.1 Å². The molecule has 0 spiro atoms. The number of amides is 3. The molecule has 10 nitrogen and oxygen atoms in total. The van der Waals surface area contributed by atoms with Crippen molar-refractivity contribution in [2.45, 2.75) is 6.92 Å². The number of nitrogens with one attached hydrogen (secondary N) is 2. The van der Waals surface area contributed by atoms with Crippen LogP contribution in [-0.2, 0) is 9.53 Å². The topological polar surface area (TPSA) is 131 Å². The number of ether oxygens (including phenoxy) is 1. The number of carbonyl (C=O) groups is 3. The number of nitro benzene ring substituents is 1. The van der Waals surface area contributed by atoms with Crippen LogP contribution < -0.4 is 10.9 Å². The predicted molar refractivity (Wildman–Crippen MR) is 80.9 cm³/mol. The second kappa shape index (κ2) is 7.11. The summed E-state index contributed by atoms with van der Waals surface area (Å²) in [5, 5.41) is 10.9. The maximum absolute atomic E-state index is 13.7. The first-order valence-corrected chi connectivity index (χ1v) is 7.12. The van der Waals surface area contributed by atoms with Gasteiger partial charge in [0.1, 0.15) is 5.82 Å². The van der Waals surface area contributed by atoms with Crippen LogP contribution in [0.25, 0.3) is 0 Å². The Kier molecular flexibility index (Phi) is 5.15. The summed E-state index contributed by atoms with van der Waals surface area (Å²) in [4.78, 5) is 46.3. The van der Waals surface area contributed by atoms with Crippen LogP contribution >= 0.6 is 0 Å². The molecule has 3 amide bonds. The van der Waals surface area contributed by atoms with Crippen LogP contribution in [0.5, 0.6) is 0 Å². The van der Waals surface area contributed by atoms with Crippen LogP contribution in [0.1, 0.15) is 15.9 Å². The van der Waals surface area contributed by atoms with E-state index < -0.39 is 40.3 Å². The molecule has 0 aliphatic carbocycles. The summed E-state index contributed by atoms with van der Waals surface area (Å²) in [6.45, 7) is 1.50. The van der Waals surface area contributed by atoms with Crippen LogP contribution in [0.2, 0.25) is 0 Å². The van der Waals surface area contributed by atoms with E-state index >= 15 is 0 Å². The SMILES string of the molecule is COC(=O)N1CC(C(=O)NNC(=O)c2cc(F)c(C)c([N+](=O)[O-])c2)C1. The molecule has 0 saturated carbocycles. The number of nitro groups is 1. The molecule has 1 aromatic rings. The Bertz CT molecular complexity index is 747. The fourth-order valence-corrected chi connectivity index (χ4v) is 2.20. The fourth-order valence-electron chi connectivity index (χ4n) is 2.20. The van der Waals surface area contributed by atoms with Gasteiger partial charge in [-0.15, -0.1) is 0 Å². The van der Waals surface area contributed by atoms with Gasteiger partial charge in [0.2, 0.25) is 5.91 Å². The van der Waals surface area contributed by atoms with Gasteiger partial charge < -0.3 is 9.64 Å². The highest BCUT2D eigenvalue weighted by Gasteiger charge is 2.36. The van der Waals surface area contributed by atoms with Gasteiger partial charge in [-0.05, 0) is 13.0 Å². The normalized spacial score (nSPS) is 13.6. The molecule has 0 atom stereocenters. The summed E-state index contributed by atoms with van der Waals surface area (Å²) < 4.78 is 18.2. The molecule has 1 aliphatic rings. The predicted octanol–water partition coefficient (Wildman–Crippen LogP) is 0.502. The van der Waals surface area contributed by atoms with Crippen molar-refractivity contribution in [3.63, 3.8) is 0 Å². The van der Waals surface area contributed by atoms with Gasteiger partial charge in [-0.2, -0.15) is 0 Å². The van der Waals surface area contributed by atoms with Crippen molar-refractivity contribution in [2.24, 2.45) is 5.92 Å². The Morgan fingerprint density at radius 3 is 2.52 bits per heavy atom. The second-order valence-electron chi connectivity index (χ2n) is 5.37. The van der Waals surface area contributed by atoms with Gasteiger partial charge in [-0.1, -0.05) is 0 Å². The zero-order chi connectivity index (χ0) is 18.7. The molecule has 0 aromatic heterocycles. The lowest BCUT2D eigenvalue weighted by atomic mass is 10.0. The Morgan fingerprint density at radius 1 is 1.32 bits per heavy atom. The van der Waals surface area contributed by atoms with Gasteiger partial charge in [0.25, 0.3) is 11.6 Å². The number of benzene rings is 1. The monoisotopic (exact) mass is 354 g/mol. The molecule has 0 radical (unpaired) electrons. The van der Waals surface area contributed by atoms with Crippen molar-refractivity contribution in [3.8, 4) is 0 Å². The number of likely N-dealkylation sites (tertiary alicyclic amines) is 1. The number of carbonyl (C=O) groups excluding carboxylic acids is 3. The van der Waals surface area contributed by atoms with E-state index in [4.69, 9.17) is 0 Å². The Morgan fingerprint density at radius 2 is 1.96 bits per heavy atom. The Labute approximate surface area is 141 Å². The minimum absolute atomic E-state index is 0.138. The minimum atomic E-state index is -0.904. The third-order valence-electron chi connectivity index (χ3n) is 3.76. The van der Waals surface area contributed by atoms with Crippen LogP contribution in [0, 0.1) is 28.8 Å². The molecular formula is C14H15FN4O6. The van der Waals surface area contributed by atoms with E-state index in [9.17, 15) is 28.9 Å². The molecule has 2 rings (SSSR count). The van der Waals surface area contributed by atoms with E-state index in [0.717, 1.165) is 12.1 Å². The summed E-state index contributed by atoms with van der Waals surface area (Å²) in [7, 11) is 1.22. The summed E-state index contributed by atoms with van der Waals surface area (Å²) in [5.74, 6) is -2.88. The van der Waals surface area contributed by atoms with E-state index in [1.807, 2.05) is 0 Å². The summed E-state index contributed by atoms with van der Waals surface area (Å²) in [5.41, 5.74) is 3.15. The van der Waals surface area contributed by atoms with E-state index in [2.05, 4.69) is 15.6 Å². The third-order valence-corrected chi connectivity index (χ3v) is 3.76. The van der Waals surface area contributed by atoms with Crippen molar-refractivity contribution in [1.82, 2.24) is 15.8 Å². The minimum Gasteiger partial charge on any atom is -0.453 e. The lowest BCUT2D eigenvalue weighted by Crippen LogP contribution is -2.58. The first-order valence-electron chi connectivity index (χ1n) is 7.12. The lowest BCUT2D eigenvalue weighted by molar-refractivity contribution is -0.385. The summed E-state index contributed by atoms with van der Waals surface area (Å²) in [6.07, 6.45) is -0.560. The molecule has 2 N–H and O–H groups in total. The Balaban J connectivity index is 1.94. The smallest absolute Gasteiger partial charge is 0.409 e. The zero-order valence-corrected chi connectivity index (χ0v) is 13.4. The average Bonchev–Trinajstić information content (AvgIpc) is 2.52. The van der Waals surface area contributed by atoms with Crippen molar-refractivity contribution in [1.29, 1.82) is 0 Å². The van der Waals surface area contributed by atoms with Gasteiger partial charge >= 0.3 is 6.09 Å². The summed E-state index contributed by atoms with van der Waals surface area (Å²) in [6, 6.07) is 1.76. The fraction of sp³-hybridized carbons (Fsp3) is 0.357. The van der Waals surface area contributed by atoms with Crippen molar-refractivity contribution >= 4 is 23.6 Å². The van der Waals surface area contributed by atoms with Crippen molar-refractivity contribution < 1.29 is 28.4 Å². The maximum atomic E-state index is 13.7. The standard InChI is InChI=1S/C14H15FN4O6/c1-7-10(15)3-8(4-11(7)19(23)24)12(20)16-17-13(21)9-5-18(6-9)14(22)25-2/h3-4,9H,5-6H2,1-2H3,(H,16,20)(H,17,21). The first kappa shape index (κ1) is 18.1. The number of hydrazine groups is 1. The molecule has 1 aliphatic heterocycles. The van der Waals surface area contributed by atoms with E-state index in [0.29, 0.717) is 0 Å². The lowest BCUT2D eigenvalue weighted by Gasteiger charge is -2.36. The molecule has 1 heterocycles. The number of halogens is 1. The molecule has 11 heteroatoms. The number of methoxy groups -OCH3 is 1. The molecule has 1 aromatic carbocycles. The van der Waals surface area contributed by atoms with Gasteiger partial charge in [0.15, 0.2) is 0 Å². The van der Waals surface area contributed by atoms with Crippen molar-refractivity contribution in [2.75, 3.05) is 20.2 Å². The average molecular weight is 354 g/mol. The summed E-state index contributed by atoms with van der Waals surface area (Å²) >= 11 is 0. The number of hydrogen-bond donors (Lipinski definition) is 2. The molecule has 0 bridgehead atoms. The van der Waals surface area contributed by atoms with Crippen LogP contribution in [0.4, 0.5) is 14.9 Å². The number of hydrogen-bond acceptors (Lipinski definition) is 6. The Hall–Kier alpha value is -3.24. The van der Waals surface area contributed by atoms with Crippen molar-refractivity contribution in [3.05, 3.63) is 39.2 Å². The molecule has 0 unspecified atom stereocenters. The second-order valence-corrected chi connectivity index (χ2v) is 5.37. The number of nitrogens with zero attached hydrogens (tertiary/aromatic N) is 2. The zero-order valence-electron chi connectivity index (χ0n) is 13.4. The van der Waals surface area contributed by atoms with Crippen LogP contribution in [-0.4, -0.2) is 47.9 Å². The molecule has 1 fully saturated rings. The molecule has 25 heavy (non-hydrogen) atoms. The molecule has 1 saturated heterocycles.